The van der Waals surface area contributed by atoms with Crippen molar-refractivity contribution >= 4 is 29.6 Å². The molecule has 5 N–H and O–H groups in total. The van der Waals surface area contributed by atoms with E-state index in [0.29, 0.717) is 11.0 Å². The van der Waals surface area contributed by atoms with Crippen LogP contribution in [0.3, 0.4) is 0 Å². The second-order valence-electron chi connectivity index (χ2n) is 8.99. The van der Waals surface area contributed by atoms with E-state index in [1.54, 1.807) is 13.8 Å². The summed E-state index contributed by atoms with van der Waals surface area (Å²) in [5.41, 5.74) is 9.85. The highest BCUT2D eigenvalue weighted by Crippen LogP contribution is 2.33. The number of hydrogen-bond acceptors (Lipinski definition) is 7. The lowest BCUT2D eigenvalue weighted by atomic mass is 10.1. The SMILES string of the molecule is CC(C)[C@H](N)C(=O)OCCNC(=O)OCc1ccc(N(C(N)=O)c2c(F)cccc2F)nc1-c1ccc(F)cc1F. The van der Waals surface area contributed by atoms with Gasteiger partial charge in [0, 0.05) is 17.2 Å². The van der Waals surface area contributed by atoms with Crippen molar-refractivity contribution in [1.29, 1.82) is 0 Å². The number of rotatable bonds is 10. The number of carbonyl (C=O) groups is 3. The number of aromatic nitrogens is 1. The van der Waals surface area contributed by atoms with Crippen molar-refractivity contribution in [3.8, 4) is 11.3 Å². The number of urea groups is 1. The van der Waals surface area contributed by atoms with Crippen LogP contribution >= 0.6 is 0 Å². The van der Waals surface area contributed by atoms with Crippen molar-refractivity contribution < 1.29 is 41.4 Å². The van der Waals surface area contributed by atoms with Crippen LogP contribution in [0.15, 0.2) is 48.5 Å². The van der Waals surface area contributed by atoms with Crippen LogP contribution in [0.5, 0.6) is 0 Å². The van der Waals surface area contributed by atoms with Crippen molar-refractivity contribution in [1.82, 2.24) is 10.3 Å². The van der Waals surface area contributed by atoms with Crippen LogP contribution in [-0.2, 0) is 20.9 Å². The maximum atomic E-state index is 14.8. The molecule has 3 amide bonds. The molecule has 0 radical (unpaired) electrons. The normalized spacial score (nSPS) is 11.6. The summed E-state index contributed by atoms with van der Waals surface area (Å²) < 4.78 is 67.5. The summed E-state index contributed by atoms with van der Waals surface area (Å²) in [6.45, 7) is 2.73. The number of nitrogens with one attached hydrogen (secondary N) is 1. The Morgan fingerprint density at radius 2 is 1.66 bits per heavy atom. The summed E-state index contributed by atoms with van der Waals surface area (Å²) in [7, 11) is 0. The van der Waals surface area contributed by atoms with Crippen molar-refractivity contribution in [3.05, 3.63) is 77.4 Å². The number of primary amides is 1. The number of nitrogens with two attached hydrogens (primary N) is 2. The number of amides is 3. The number of anilines is 2. The Balaban J connectivity index is 1.85. The number of ether oxygens (including phenoxy) is 2. The molecule has 0 fully saturated rings. The van der Waals surface area contributed by atoms with E-state index in [9.17, 15) is 31.9 Å². The molecule has 14 heteroatoms. The first-order chi connectivity index (χ1) is 19.4. The van der Waals surface area contributed by atoms with Gasteiger partial charge >= 0.3 is 18.1 Å². The van der Waals surface area contributed by atoms with Gasteiger partial charge in [0.2, 0.25) is 0 Å². The molecule has 218 valence electrons. The van der Waals surface area contributed by atoms with Crippen LogP contribution in [-0.4, -0.2) is 42.3 Å². The van der Waals surface area contributed by atoms with E-state index in [4.69, 9.17) is 20.9 Å². The van der Waals surface area contributed by atoms with E-state index < -0.39 is 65.5 Å². The predicted octanol–water partition coefficient (Wildman–Crippen LogP) is 4.27. The first-order valence-electron chi connectivity index (χ1n) is 12.2. The number of carbonyl (C=O) groups excluding carboxylic acids is 3. The first kappa shape index (κ1) is 30.8. The molecule has 0 aliphatic carbocycles. The van der Waals surface area contributed by atoms with E-state index >= 15 is 0 Å². The zero-order valence-corrected chi connectivity index (χ0v) is 22.0. The van der Waals surface area contributed by atoms with Gasteiger partial charge in [0.1, 0.15) is 54.0 Å². The maximum absolute atomic E-state index is 14.8. The molecule has 0 bridgehead atoms. The van der Waals surface area contributed by atoms with Crippen molar-refractivity contribution in [2.45, 2.75) is 26.5 Å². The molecule has 0 saturated heterocycles. The molecule has 41 heavy (non-hydrogen) atoms. The zero-order valence-electron chi connectivity index (χ0n) is 22.0. The summed E-state index contributed by atoms with van der Waals surface area (Å²) in [6, 6.07) is 5.74. The minimum absolute atomic E-state index is 0.0853. The number of nitrogens with zero attached hydrogens (tertiary/aromatic N) is 2. The molecule has 1 heterocycles. The quantitative estimate of drug-likeness (QED) is 0.185. The maximum Gasteiger partial charge on any atom is 0.407 e. The Labute approximate surface area is 232 Å². The number of esters is 1. The summed E-state index contributed by atoms with van der Waals surface area (Å²) >= 11 is 0. The van der Waals surface area contributed by atoms with Crippen LogP contribution in [0, 0.1) is 29.2 Å². The van der Waals surface area contributed by atoms with E-state index in [-0.39, 0.29) is 35.9 Å². The number of benzene rings is 2. The van der Waals surface area contributed by atoms with Gasteiger partial charge in [-0.25, -0.2) is 37.0 Å². The molecule has 10 nitrogen and oxygen atoms in total. The molecular weight excluding hydrogens is 550 g/mol. The highest BCUT2D eigenvalue weighted by atomic mass is 19.1. The fraction of sp³-hybridized carbons (Fsp3) is 0.259. The van der Waals surface area contributed by atoms with Gasteiger partial charge in [-0.2, -0.15) is 0 Å². The fourth-order valence-electron chi connectivity index (χ4n) is 3.54. The van der Waals surface area contributed by atoms with E-state index in [1.807, 2.05) is 0 Å². The van der Waals surface area contributed by atoms with E-state index in [1.165, 1.54) is 6.07 Å². The van der Waals surface area contributed by atoms with Gasteiger partial charge in [-0.1, -0.05) is 19.9 Å². The van der Waals surface area contributed by atoms with Crippen LogP contribution in [0.2, 0.25) is 0 Å². The van der Waals surface area contributed by atoms with Gasteiger partial charge in [-0.3, -0.25) is 4.79 Å². The highest BCUT2D eigenvalue weighted by Gasteiger charge is 2.26. The average molecular weight is 578 g/mol. The minimum Gasteiger partial charge on any atom is -0.463 e. The third kappa shape index (κ3) is 7.69. The third-order valence-corrected chi connectivity index (χ3v) is 5.73. The molecule has 3 rings (SSSR count). The Bertz CT molecular complexity index is 1420. The number of halogens is 4. The van der Waals surface area contributed by atoms with E-state index in [2.05, 4.69) is 10.3 Å². The van der Waals surface area contributed by atoms with Gasteiger partial charge in [0.15, 0.2) is 0 Å². The Kier molecular flexibility index (Phi) is 10.2. The third-order valence-electron chi connectivity index (χ3n) is 5.73. The molecule has 1 atom stereocenters. The average Bonchev–Trinajstić information content (AvgIpc) is 2.91. The standard InChI is InChI=1S/C27H27F4N5O5/c1-14(2)22(32)25(37)40-11-10-34-27(39)41-13-15-6-9-21(35-23(15)17-8-7-16(28)12-20(17)31)36(26(33)38)24-18(29)4-3-5-19(24)30/h3-9,12,14,22H,10-11,13,32H2,1-2H3,(H2,33,38)(H,34,39)/t22-/m0/s1. The largest absolute Gasteiger partial charge is 0.463 e. The number of alkyl carbamates (subject to hydrolysis) is 1. The van der Waals surface area contributed by atoms with Gasteiger partial charge in [-0.15, -0.1) is 0 Å². The van der Waals surface area contributed by atoms with Gasteiger partial charge in [0.25, 0.3) is 0 Å². The summed E-state index contributed by atoms with van der Waals surface area (Å²) in [6.07, 6.45) is -0.934. The zero-order chi connectivity index (χ0) is 30.3. The lowest BCUT2D eigenvalue weighted by Crippen LogP contribution is -2.38. The van der Waals surface area contributed by atoms with Crippen molar-refractivity contribution in [3.63, 3.8) is 0 Å². The molecule has 0 unspecified atom stereocenters. The van der Waals surface area contributed by atoms with Gasteiger partial charge in [0.05, 0.1) is 12.2 Å². The molecule has 1 aromatic heterocycles. The molecule has 0 spiro atoms. The number of para-hydroxylation sites is 1. The lowest BCUT2D eigenvalue weighted by molar-refractivity contribution is -0.146. The van der Waals surface area contributed by atoms with Crippen molar-refractivity contribution in [2.24, 2.45) is 17.4 Å². The van der Waals surface area contributed by atoms with E-state index in [0.717, 1.165) is 36.4 Å². The fourth-order valence-corrected chi connectivity index (χ4v) is 3.54. The Morgan fingerprint density at radius 3 is 2.27 bits per heavy atom. The van der Waals surface area contributed by atoms with Crippen LogP contribution in [0.4, 0.5) is 38.7 Å². The molecule has 2 aromatic carbocycles. The molecule has 0 aliphatic rings. The minimum atomic E-state index is -1.30. The molecule has 0 aliphatic heterocycles. The molecule has 0 saturated carbocycles. The molecule has 3 aromatic rings. The lowest BCUT2D eigenvalue weighted by Gasteiger charge is -2.22. The van der Waals surface area contributed by atoms with Gasteiger partial charge in [-0.05, 0) is 42.3 Å². The number of hydrogen-bond donors (Lipinski definition) is 3. The first-order valence-corrected chi connectivity index (χ1v) is 12.2. The Morgan fingerprint density at radius 1 is 0.976 bits per heavy atom. The second-order valence-corrected chi connectivity index (χ2v) is 8.99. The molecular formula is C27H27F4N5O5. The van der Waals surface area contributed by atoms with Crippen molar-refractivity contribution in [2.75, 3.05) is 18.1 Å². The van der Waals surface area contributed by atoms with Gasteiger partial charge < -0.3 is 26.3 Å². The Hall–Kier alpha value is -4.72. The second kappa shape index (κ2) is 13.6. The smallest absolute Gasteiger partial charge is 0.407 e. The van der Waals surface area contributed by atoms with Crippen LogP contribution in [0.25, 0.3) is 11.3 Å². The predicted molar refractivity (Wildman–Crippen MR) is 140 cm³/mol. The van der Waals surface area contributed by atoms with Crippen LogP contribution < -0.4 is 21.7 Å². The monoisotopic (exact) mass is 577 g/mol. The van der Waals surface area contributed by atoms with Crippen LogP contribution in [0.1, 0.15) is 19.4 Å². The summed E-state index contributed by atoms with van der Waals surface area (Å²) in [4.78, 5) is 40.8. The highest BCUT2D eigenvalue weighted by molar-refractivity contribution is 5.98. The topological polar surface area (TPSA) is 150 Å². The number of pyridine rings is 1. The summed E-state index contributed by atoms with van der Waals surface area (Å²) in [5.74, 6) is -5.35. The summed E-state index contributed by atoms with van der Waals surface area (Å²) in [5, 5.41) is 2.36.